The lowest BCUT2D eigenvalue weighted by atomic mass is 10.1. The number of carbonyl (C=O) groups is 1. The number of amides is 1. The second-order valence-corrected chi connectivity index (χ2v) is 6.87. The van der Waals surface area contributed by atoms with Crippen LogP contribution in [0.1, 0.15) is 28.8 Å². The van der Waals surface area contributed by atoms with Crippen LogP contribution >= 0.6 is 11.6 Å². The van der Waals surface area contributed by atoms with Crippen LogP contribution in [0.5, 0.6) is 0 Å². The Morgan fingerprint density at radius 3 is 3.09 bits per heavy atom. The molecule has 2 heterocycles. The third kappa shape index (κ3) is 3.86. The average Bonchev–Trinajstić information content (AvgIpc) is 2.91. The normalized spacial score (nSPS) is 27.7. The van der Waals surface area contributed by atoms with E-state index in [9.17, 15) is 4.79 Å². The maximum atomic E-state index is 12.5. The number of morpholine rings is 1. The molecule has 0 spiro atoms. The average molecular weight is 339 g/mol. The fourth-order valence-corrected chi connectivity index (χ4v) is 3.65. The van der Waals surface area contributed by atoms with Crippen LogP contribution in [0.3, 0.4) is 0 Å². The van der Waals surface area contributed by atoms with Gasteiger partial charge in [0.15, 0.2) is 0 Å². The first-order valence-corrected chi connectivity index (χ1v) is 8.48. The van der Waals surface area contributed by atoms with E-state index >= 15 is 0 Å². The Morgan fingerprint density at radius 1 is 1.48 bits per heavy atom. The van der Waals surface area contributed by atoms with Gasteiger partial charge < -0.3 is 15.2 Å². The summed E-state index contributed by atoms with van der Waals surface area (Å²) in [4.78, 5) is 14.8. The van der Waals surface area contributed by atoms with Gasteiger partial charge in [0.2, 0.25) is 0 Å². The number of nitrogens with zero attached hydrogens (tertiary/aromatic N) is 1. The highest BCUT2D eigenvalue weighted by atomic mass is 35.5. The number of aryl methyl sites for hydroxylation is 1. The molecule has 2 aliphatic heterocycles. The van der Waals surface area contributed by atoms with Crippen molar-refractivity contribution in [2.75, 3.05) is 26.3 Å². The largest absolute Gasteiger partial charge is 0.396 e. The molecule has 0 radical (unpaired) electrons. The first-order chi connectivity index (χ1) is 11.1. The van der Waals surface area contributed by atoms with Gasteiger partial charge in [0.1, 0.15) is 0 Å². The number of fused-ring (bicyclic) bond motifs is 1. The molecule has 5 nitrogen and oxygen atoms in total. The molecule has 0 saturated carbocycles. The van der Waals surface area contributed by atoms with Crippen LogP contribution < -0.4 is 5.32 Å². The van der Waals surface area contributed by atoms with Gasteiger partial charge in [0.05, 0.1) is 23.3 Å². The smallest absolute Gasteiger partial charge is 0.253 e. The second kappa shape index (κ2) is 7.18. The first kappa shape index (κ1) is 16.7. The SMILES string of the molecule is Cc1ccc(Cl)c(C(=O)N[C@H]2C[C@H]3CO[C@@H](CCO)CN3C2)c1. The number of nitrogens with one attached hydrogen (secondary N) is 1. The Kier molecular flexibility index (Phi) is 5.21. The Morgan fingerprint density at radius 2 is 2.30 bits per heavy atom. The van der Waals surface area contributed by atoms with E-state index in [2.05, 4.69) is 10.2 Å². The Hall–Kier alpha value is -1.14. The van der Waals surface area contributed by atoms with E-state index in [4.69, 9.17) is 21.4 Å². The number of aliphatic hydroxyl groups excluding tert-OH is 1. The molecule has 1 aromatic carbocycles. The summed E-state index contributed by atoms with van der Waals surface area (Å²) in [6, 6.07) is 5.94. The molecular weight excluding hydrogens is 316 g/mol. The minimum absolute atomic E-state index is 0.0944. The Labute approximate surface area is 141 Å². The number of aliphatic hydroxyl groups is 1. The van der Waals surface area contributed by atoms with E-state index in [-0.39, 0.29) is 24.7 Å². The van der Waals surface area contributed by atoms with Crippen LogP contribution in [0, 0.1) is 6.92 Å². The monoisotopic (exact) mass is 338 g/mol. The summed E-state index contributed by atoms with van der Waals surface area (Å²) in [5, 5.41) is 12.6. The molecule has 3 atom stereocenters. The standard InChI is InChI=1S/C17H23ClN2O3/c1-11-2-3-16(18)15(6-11)17(22)19-12-7-13-10-23-14(4-5-21)9-20(13)8-12/h2-3,6,12-14,21H,4-5,7-10H2,1H3,(H,19,22)/t12-,13-,14-/m0/s1. The molecule has 0 unspecified atom stereocenters. The molecule has 3 rings (SSSR count). The van der Waals surface area contributed by atoms with Crippen molar-refractivity contribution in [1.82, 2.24) is 10.2 Å². The Bertz CT molecular complexity index is 581. The van der Waals surface area contributed by atoms with Gasteiger partial charge in [-0.05, 0) is 31.9 Å². The fraction of sp³-hybridized carbons (Fsp3) is 0.588. The minimum Gasteiger partial charge on any atom is -0.396 e. The van der Waals surface area contributed by atoms with Gasteiger partial charge >= 0.3 is 0 Å². The molecule has 23 heavy (non-hydrogen) atoms. The predicted octanol–water partition coefficient (Wildman–Crippen LogP) is 1.60. The molecule has 2 N–H and O–H groups in total. The van der Waals surface area contributed by atoms with Crippen molar-refractivity contribution < 1.29 is 14.6 Å². The zero-order valence-corrected chi connectivity index (χ0v) is 14.1. The van der Waals surface area contributed by atoms with Crippen molar-refractivity contribution >= 4 is 17.5 Å². The maximum Gasteiger partial charge on any atom is 0.253 e. The van der Waals surface area contributed by atoms with E-state index < -0.39 is 0 Å². The van der Waals surface area contributed by atoms with E-state index in [0.717, 1.165) is 25.1 Å². The predicted molar refractivity (Wildman–Crippen MR) is 88.9 cm³/mol. The molecule has 2 aliphatic rings. The van der Waals surface area contributed by atoms with Crippen LogP contribution in [0.25, 0.3) is 0 Å². The van der Waals surface area contributed by atoms with Crippen LogP contribution in [0.4, 0.5) is 0 Å². The van der Waals surface area contributed by atoms with Crippen molar-refractivity contribution in [1.29, 1.82) is 0 Å². The van der Waals surface area contributed by atoms with Crippen molar-refractivity contribution in [3.8, 4) is 0 Å². The van der Waals surface area contributed by atoms with Gasteiger partial charge in [-0.1, -0.05) is 23.2 Å². The summed E-state index contributed by atoms with van der Waals surface area (Å²) in [5.74, 6) is -0.114. The van der Waals surface area contributed by atoms with Gasteiger partial charge in [-0.2, -0.15) is 0 Å². The number of benzene rings is 1. The van der Waals surface area contributed by atoms with Gasteiger partial charge in [0, 0.05) is 31.8 Å². The van der Waals surface area contributed by atoms with Crippen LogP contribution in [-0.4, -0.2) is 60.4 Å². The van der Waals surface area contributed by atoms with E-state index in [1.54, 1.807) is 6.07 Å². The van der Waals surface area contributed by atoms with Crippen LogP contribution in [0.15, 0.2) is 18.2 Å². The van der Waals surface area contributed by atoms with Gasteiger partial charge in [-0.15, -0.1) is 0 Å². The fourth-order valence-electron chi connectivity index (χ4n) is 3.44. The molecule has 1 amide bonds. The molecule has 2 saturated heterocycles. The molecule has 6 heteroatoms. The molecule has 126 valence electrons. The summed E-state index contributed by atoms with van der Waals surface area (Å²) in [5.41, 5.74) is 1.55. The number of rotatable bonds is 4. The van der Waals surface area contributed by atoms with E-state index in [1.165, 1.54) is 0 Å². The number of halogens is 1. The summed E-state index contributed by atoms with van der Waals surface area (Å²) in [6.45, 7) is 4.41. The lowest BCUT2D eigenvalue weighted by Crippen LogP contribution is -2.46. The second-order valence-electron chi connectivity index (χ2n) is 6.46. The highest BCUT2D eigenvalue weighted by Crippen LogP contribution is 2.25. The first-order valence-electron chi connectivity index (χ1n) is 8.10. The lowest BCUT2D eigenvalue weighted by Gasteiger charge is -2.34. The molecule has 0 aromatic heterocycles. The van der Waals surface area contributed by atoms with Crippen LogP contribution in [-0.2, 0) is 4.74 Å². The summed E-state index contributed by atoms with van der Waals surface area (Å²) >= 11 is 6.14. The van der Waals surface area contributed by atoms with Crippen molar-refractivity contribution in [2.24, 2.45) is 0 Å². The number of hydrogen-bond acceptors (Lipinski definition) is 4. The molecule has 0 bridgehead atoms. The maximum absolute atomic E-state index is 12.5. The highest BCUT2D eigenvalue weighted by Gasteiger charge is 2.37. The quantitative estimate of drug-likeness (QED) is 0.875. The summed E-state index contributed by atoms with van der Waals surface area (Å²) in [7, 11) is 0. The van der Waals surface area contributed by atoms with Crippen molar-refractivity contribution in [3.63, 3.8) is 0 Å². The third-order valence-electron chi connectivity index (χ3n) is 4.64. The lowest BCUT2D eigenvalue weighted by molar-refractivity contribution is -0.0566. The van der Waals surface area contributed by atoms with E-state index in [1.807, 2.05) is 19.1 Å². The molecule has 2 fully saturated rings. The zero-order chi connectivity index (χ0) is 16.4. The number of ether oxygens (including phenoxy) is 1. The van der Waals surface area contributed by atoms with Crippen LogP contribution in [0.2, 0.25) is 5.02 Å². The topological polar surface area (TPSA) is 61.8 Å². The van der Waals surface area contributed by atoms with E-state index in [0.29, 0.717) is 29.7 Å². The van der Waals surface area contributed by atoms with Gasteiger partial charge in [-0.25, -0.2) is 0 Å². The summed E-state index contributed by atoms with van der Waals surface area (Å²) < 4.78 is 5.77. The van der Waals surface area contributed by atoms with Gasteiger partial charge in [-0.3, -0.25) is 9.69 Å². The molecule has 0 aliphatic carbocycles. The molecule has 1 aromatic rings. The zero-order valence-electron chi connectivity index (χ0n) is 13.3. The highest BCUT2D eigenvalue weighted by molar-refractivity contribution is 6.33. The third-order valence-corrected chi connectivity index (χ3v) is 4.97. The number of carbonyl (C=O) groups excluding carboxylic acids is 1. The Balaban J connectivity index is 1.59. The van der Waals surface area contributed by atoms with Gasteiger partial charge in [0.25, 0.3) is 5.91 Å². The summed E-state index contributed by atoms with van der Waals surface area (Å²) in [6.07, 6.45) is 1.65. The van der Waals surface area contributed by atoms with Crippen molar-refractivity contribution in [2.45, 2.75) is 38.0 Å². The van der Waals surface area contributed by atoms with Crippen molar-refractivity contribution in [3.05, 3.63) is 34.3 Å². The minimum atomic E-state index is -0.114. The number of hydrogen-bond donors (Lipinski definition) is 2. The molecular formula is C17H23ClN2O3.